The summed E-state index contributed by atoms with van der Waals surface area (Å²) in [5.74, 6) is -0.684. The van der Waals surface area contributed by atoms with E-state index in [1.54, 1.807) is 12.1 Å². The summed E-state index contributed by atoms with van der Waals surface area (Å²) in [7, 11) is 8.93. The van der Waals surface area contributed by atoms with Gasteiger partial charge >= 0.3 is 0 Å². The lowest BCUT2D eigenvalue weighted by atomic mass is 9.91. The van der Waals surface area contributed by atoms with E-state index in [0.29, 0.717) is 35.3 Å². The molecule has 0 saturated heterocycles. The molecule has 4 rings (SSSR count). The molecule has 8 nitrogen and oxygen atoms in total. The van der Waals surface area contributed by atoms with Gasteiger partial charge in [0, 0.05) is 24.9 Å². The van der Waals surface area contributed by atoms with Gasteiger partial charge in [0.15, 0.2) is 0 Å². The number of carbonyl (C=O) groups excluding carboxylic acids is 4. The molecule has 2 aromatic carbocycles. The smallest absolute Gasteiger partial charge is 0.261 e. The molecule has 0 unspecified atom stereocenters. The van der Waals surface area contributed by atoms with Crippen molar-refractivity contribution in [1.82, 2.24) is 9.80 Å². The van der Waals surface area contributed by atoms with Crippen molar-refractivity contribution in [1.29, 1.82) is 0 Å². The molecule has 0 radical (unpaired) electrons. The van der Waals surface area contributed by atoms with Crippen LogP contribution in [0.2, 0.25) is 0 Å². The summed E-state index contributed by atoms with van der Waals surface area (Å²) in [4.78, 5) is 54.3. The Morgan fingerprint density at radius 2 is 1.00 bits per heavy atom. The number of quaternary nitrogens is 2. The molecule has 0 bridgehead atoms. The van der Waals surface area contributed by atoms with Crippen molar-refractivity contribution in [2.24, 2.45) is 5.41 Å². The number of benzene rings is 2. The van der Waals surface area contributed by atoms with Gasteiger partial charge in [0.25, 0.3) is 23.6 Å². The van der Waals surface area contributed by atoms with Gasteiger partial charge in [-0.2, -0.15) is 0 Å². The normalized spacial score (nSPS) is 15.5. The van der Waals surface area contributed by atoms with E-state index < -0.39 is 0 Å². The van der Waals surface area contributed by atoms with E-state index in [-0.39, 0.29) is 29.0 Å². The minimum absolute atomic E-state index is 0.164. The number of carbonyl (C=O) groups is 4. The molecule has 0 spiro atoms. The third-order valence-electron chi connectivity index (χ3n) is 9.12. The van der Waals surface area contributed by atoms with E-state index >= 15 is 0 Å². The average Bonchev–Trinajstić information content (AvgIpc) is 3.29. The van der Waals surface area contributed by atoms with E-state index in [1.165, 1.54) is 9.80 Å². The van der Waals surface area contributed by atoms with E-state index in [1.807, 2.05) is 38.1 Å². The molecule has 2 aliphatic heterocycles. The zero-order chi connectivity index (χ0) is 32.4. The summed E-state index contributed by atoms with van der Waals surface area (Å²) >= 11 is 0. The van der Waals surface area contributed by atoms with Crippen molar-refractivity contribution < 1.29 is 28.1 Å². The maximum atomic E-state index is 13.0. The molecule has 0 saturated carbocycles. The topological polar surface area (TPSA) is 74.8 Å². The second-order valence-corrected chi connectivity index (χ2v) is 15.2. The van der Waals surface area contributed by atoms with Crippen LogP contribution < -0.4 is 0 Å². The maximum absolute atomic E-state index is 13.0. The number of nitrogens with zero attached hydrogens (tertiary/aromatic N) is 4. The van der Waals surface area contributed by atoms with Crippen molar-refractivity contribution >= 4 is 23.6 Å². The minimum atomic E-state index is -0.209. The highest BCUT2D eigenvalue weighted by molar-refractivity contribution is 6.22. The summed E-state index contributed by atoms with van der Waals surface area (Å²) in [5.41, 5.74) is 3.87. The third kappa shape index (κ3) is 7.83. The zero-order valence-corrected chi connectivity index (χ0v) is 28.2. The summed E-state index contributed by atoms with van der Waals surface area (Å²) in [6.07, 6.45) is 5.38. The highest BCUT2D eigenvalue weighted by atomic mass is 16.2. The van der Waals surface area contributed by atoms with Crippen LogP contribution in [-0.4, -0.2) is 110 Å². The van der Waals surface area contributed by atoms with Crippen molar-refractivity contribution in [2.45, 2.75) is 59.8 Å². The number of fused-ring (bicyclic) bond motifs is 2. The largest absolute Gasteiger partial charge is 0.328 e. The molecular weight excluding hydrogens is 552 g/mol. The molecule has 0 atom stereocenters. The van der Waals surface area contributed by atoms with Gasteiger partial charge in [-0.05, 0) is 63.8 Å². The highest BCUT2D eigenvalue weighted by Crippen LogP contribution is 2.29. The van der Waals surface area contributed by atoms with Gasteiger partial charge in [-0.3, -0.25) is 29.0 Å². The van der Waals surface area contributed by atoms with Gasteiger partial charge in [0.2, 0.25) is 0 Å². The molecule has 0 aromatic heterocycles. The quantitative estimate of drug-likeness (QED) is 0.157. The second kappa shape index (κ2) is 12.9. The molecule has 0 aliphatic carbocycles. The Bertz CT molecular complexity index is 1440. The molecule has 2 aliphatic rings. The first-order chi connectivity index (χ1) is 20.5. The Hall–Kier alpha value is -3.36. The minimum Gasteiger partial charge on any atom is -0.328 e. The summed E-state index contributed by atoms with van der Waals surface area (Å²) in [6, 6.07) is 11.0. The number of hydrogen-bond donors (Lipinski definition) is 0. The SMILES string of the molecule is Cc1ccc2c(c1)C(=O)N(CCC[N+](C)(C)CCCCCC[N+](C)(C)CC(C)(C)CN1C(=O)c3ccc(C)cc3C1=O)C2=O. The first-order valence-corrected chi connectivity index (χ1v) is 16.1. The Morgan fingerprint density at radius 3 is 1.55 bits per heavy atom. The second-order valence-electron chi connectivity index (χ2n) is 15.2. The molecule has 238 valence electrons. The zero-order valence-electron chi connectivity index (χ0n) is 28.2. The summed E-state index contributed by atoms with van der Waals surface area (Å²) in [6.45, 7) is 12.9. The maximum Gasteiger partial charge on any atom is 0.261 e. The first-order valence-electron chi connectivity index (χ1n) is 16.1. The molecule has 0 N–H and O–H groups in total. The number of aryl methyl sites for hydroxylation is 2. The van der Waals surface area contributed by atoms with Crippen molar-refractivity contribution in [3.63, 3.8) is 0 Å². The van der Waals surface area contributed by atoms with Gasteiger partial charge in [-0.25, -0.2) is 0 Å². The molecule has 44 heavy (non-hydrogen) atoms. The van der Waals surface area contributed by atoms with Gasteiger partial charge in [0.05, 0.1) is 76.6 Å². The Balaban J connectivity index is 1.14. The van der Waals surface area contributed by atoms with Crippen molar-refractivity contribution in [3.05, 3.63) is 69.8 Å². The summed E-state index contributed by atoms with van der Waals surface area (Å²) in [5, 5.41) is 0. The summed E-state index contributed by atoms with van der Waals surface area (Å²) < 4.78 is 1.71. The predicted octanol–water partition coefficient (Wildman–Crippen LogP) is 5.33. The molecule has 8 heteroatoms. The number of amides is 4. The molecule has 2 heterocycles. The fourth-order valence-electron chi connectivity index (χ4n) is 7.07. The number of rotatable bonds is 15. The van der Waals surface area contributed by atoms with Crippen LogP contribution in [0.1, 0.15) is 98.5 Å². The molecule has 0 fully saturated rings. The molecular formula is C36H52N4O4+2. The van der Waals surface area contributed by atoms with E-state index in [9.17, 15) is 19.2 Å². The van der Waals surface area contributed by atoms with Crippen LogP contribution in [0.4, 0.5) is 0 Å². The van der Waals surface area contributed by atoms with Crippen molar-refractivity contribution in [2.75, 3.05) is 67.5 Å². The fraction of sp³-hybridized carbons (Fsp3) is 0.556. The molecule has 4 amide bonds. The van der Waals surface area contributed by atoms with Gasteiger partial charge in [-0.15, -0.1) is 0 Å². The Morgan fingerprint density at radius 1 is 0.568 bits per heavy atom. The Labute approximate surface area is 263 Å². The lowest BCUT2D eigenvalue weighted by Crippen LogP contribution is -2.51. The van der Waals surface area contributed by atoms with Gasteiger partial charge < -0.3 is 8.97 Å². The molecule has 2 aromatic rings. The highest BCUT2D eigenvalue weighted by Gasteiger charge is 2.40. The standard InChI is InChI=1S/C36H52N4O4/c1-26-14-16-28-30(22-26)34(43)37(32(28)41)18-13-21-39(5,6)19-11-9-10-12-20-40(7,8)25-36(3,4)24-38-33(42)29-17-15-27(2)23-31(29)35(38)44/h14-17,22-23H,9-13,18-21,24-25H2,1-8H3/q+2. The number of hydrogen-bond acceptors (Lipinski definition) is 4. The number of unbranched alkanes of at least 4 members (excludes halogenated alkanes) is 3. The number of imide groups is 2. The fourth-order valence-corrected chi connectivity index (χ4v) is 7.07. The first kappa shape index (κ1) is 33.5. The van der Waals surface area contributed by atoms with Gasteiger partial charge in [-0.1, -0.05) is 37.1 Å². The van der Waals surface area contributed by atoms with Crippen LogP contribution in [0, 0.1) is 19.3 Å². The monoisotopic (exact) mass is 604 g/mol. The average molecular weight is 605 g/mol. The third-order valence-corrected chi connectivity index (χ3v) is 9.12. The lowest BCUT2D eigenvalue weighted by Gasteiger charge is -2.39. The van der Waals surface area contributed by atoms with Crippen LogP contribution >= 0.6 is 0 Å². The lowest BCUT2D eigenvalue weighted by molar-refractivity contribution is -0.896. The van der Waals surface area contributed by atoms with Crippen LogP contribution in [-0.2, 0) is 0 Å². The van der Waals surface area contributed by atoms with E-state index in [4.69, 9.17) is 0 Å². The predicted molar refractivity (Wildman–Crippen MR) is 174 cm³/mol. The van der Waals surface area contributed by atoms with Crippen molar-refractivity contribution in [3.8, 4) is 0 Å². The van der Waals surface area contributed by atoms with E-state index in [2.05, 4.69) is 42.0 Å². The van der Waals surface area contributed by atoms with Crippen LogP contribution in [0.25, 0.3) is 0 Å². The Kier molecular flexibility index (Phi) is 9.86. The van der Waals surface area contributed by atoms with E-state index in [0.717, 1.165) is 78.4 Å². The van der Waals surface area contributed by atoms with Crippen LogP contribution in [0.5, 0.6) is 0 Å². The van der Waals surface area contributed by atoms with Crippen LogP contribution in [0.3, 0.4) is 0 Å². The van der Waals surface area contributed by atoms with Crippen LogP contribution in [0.15, 0.2) is 36.4 Å². The van der Waals surface area contributed by atoms with Gasteiger partial charge in [0.1, 0.15) is 0 Å².